The van der Waals surface area contributed by atoms with Crippen LogP contribution in [0, 0.1) is 5.82 Å². The number of hydrogen-bond acceptors (Lipinski definition) is 4. The Kier molecular flexibility index (Phi) is 4.41. The molecule has 0 aliphatic rings. The van der Waals surface area contributed by atoms with Gasteiger partial charge in [-0.25, -0.2) is 4.39 Å². The molecule has 4 aromatic rings. The highest BCUT2D eigenvalue weighted by molar-refractivity contribution is 6.31. The molecule has 0 spiro atoms. The van der Waals surface area contributed by atoms with Gasteiger partial charge in [0.25, 0.3) is 5.56 Å². The van der Waals surface area contributed by atoms with Crippen molar-refractivity contribution in [2.24, 2.45) is 0 Å². The molecule has 0 aliphatic carbocycles. The van der Waals surface area contributed by atoms with Crippen molar-refractivity contribution >= 4 is 28.2 Å². The summed E-state index contributed by atoms with van der Waals surface area (Å²) in [5, 5.41) is 7.83. The first-order valence-electron chi connectivity index (χ1n) is 8.29. The highest BCUT2D eigenvalue weighted by atomic mass is 35.5. The number of rotatable bonds is 4. The maximum Gasteiger partial charge on any atom is 0.253 e. The maximum absolute atomic E-state index is 14.0. The van der Waals surface area contributed by atoms with E-state index in [9.17, 15) is 9.18 Å². The van der Waals surface area contributed by atoms with E-state index in [-0.39, 0.29) is 22.1 Å². The predicted octanol–water partition coefficient (Wildman–Crippen LogP) is 5.15. The summed E-state index contributed by atoms with van der Waals surface area (Å²) in [5.41, 5.74) is 2.92. The molecule has 2 aromatic carbocycles. The van der Waals surface area contributed by atoms with Crippen molar-refractivity contribution in [3.05, 3.63) is 81.7 Å². The molecule has 7 heteroatoms. The lowest BCUT2D eigenvalue weighted by atomic mass is 10.1. The normalized spacial score (nSPS) is 12.3. The van der Waals surface area contributed by atoms with E-state index < -0.39 is 5.82 Å². The van der Waals surface area contributed by atoms with E-state index in [4.69, 9.17) is 16.1 Å². The summed E-state index contributed by atoms with van der Waals surface area (Å²) in [6, 6.07) is 11.8. The number of H-pyrrole nitrogens is 1. The second-order valence-electron chi connectivity index (χ2n) is 6.27. The van der Waals surface area contributed by atoms with Crippen LogP contribution in [0.3, 0.4) is 0 Å². The fourth-order valence-corrected chi connectivity index (χ4v) is 3.26. The average molecular weight is 384 g/mol. The average Bonchev–Trinajstić information content (AvgIpc) is 3.17. The Hall–Kier alpha value is -3.12. The lowest BCUT2D eigenvalue weighted by Crippen LogP contribution is -2.19. The standard InChI is InChI=1S/C20H15ClFN3O2/c1-11(24-16-4-2-3-12(6-16)14-9-23-27-10-14)17-7-13-5-15(21)8-18(22)19(13)25-20(17)26/h2-11,24H,1H3,(H,25,26). The zero-order chi connectivity index (χ0) is 19.0. The number of aromatic amines is 1. The van der Waals surface area contributed by atoms with E-state index in [0.29, 0.717) is 10.9 Å². The second-order valence-corrected chi connectivity index (χ2v) is 6.70. The molecule has 27 heavy (non-hydrogen) atoms. The highest BCUT2D eigenvalue weighted by Gasteiger charge is 2.14. The first-order chi connectivity index (χ1) is 13.0. The Labute approximate surface area is 158 Å². The number of fused-ring (bicyclic) bond motifs is 1. The Bertz CT molecular complexity index is 1170. The molecule has 0 aliphatic heterocycles. The van der Waals surface area contributed by atoms with Crippen molar-refractivity contribution in [2.45, 2.75) is 13.0 Å². The van der Waals surface area contributed by atoms with Crippen LogP contribution in [0.1, 0.15) is 18.5 Å². The van der Waals surface area contributed by atoms with Crippen molar-refractivity contribution in [1.29, 1.82) is 0 Å². The minimum absolute atomic E-state index is 0.148. The number of anilines is 1. The second kappa shape index (κ2) is 6.89. The lowest BCUT2D eigenvalue weighted by molar-refractivity contribution is 0.420. The molecule has 2 aromatic heterocycles. The summed E-state index contributed by atoms with van der Waals surface area (Å²) >= 11 is 5.93. The van der Waals surface area contributed by atoms with Gasteiger partial charge in [-0.1, -0.05) is 28.9 Å². The Morgan fingerprint density at radius 2 is 2.07 bits per heavy atom. The molecular formula is C20H15ClFN3O2. The van der Waals surface area contributed by atoms with Crippen molar-refractivity contribution in [1.82, 2.24) is 10.1 Å². The number of benzene rings is 2. The van der Waals surface area contributed by atoms with Crippen molar-refractivity contribution in [3.8, 4) is 11.1 Å². The van der Waals surface area contributed by atoms with Crippen LogP contribution in [0.15, 0.2) is 64.2 Å². The first-order valence-corrected chi connectivity index (χ1v) is 8.67. The summed E-state index contributed by atoms with van der Waals surface area (Å²) in [7, 11) is 0. The van der Waals surface area contributed by atoms with E-state index in [1.807, 2.05) is 31.2 Å². The summed E-state index contributed by atoms with van der Waals surface area (Å²) in [6.45, 7) is 1.86. The third kappa shape index (κ3) is 3.44. The van der Waals surface area contributed by atoms with Gasteiger partial charge in [-0.2, -0.15) is 0 Å². The van der Waals surface area contributed by atoms with E-state index >= 15 is 0 Å². The Morgan fingerprint density at radius 1 is 1.22 bits per heavy atom. The molecule has 5 nitrogen and oxygen atoms in total. The van der Waals surface area contributed by atoms with Crippen LogP contribution in [0.2, 0.25) is 5.02 Å². The summed E-state index contributed by atoms with van der Waals surface area (Å²) in [4.78, 5) is 15.0. The van der Waals surface area contributed by atoms with Crippen LogP contribution in [0.25, 0.3) is 22.0 Å². The molecular weight excluding hydrogens is 369 g/mol. The smallest absolute Gasteiger partial charge is 0.253 e. The summed E-state index contributed by atoms with van der Waals surface area (Å²) in [6.07, 6.45) is 3.20. The van der Waals surface area contributed by atoms with Crippen LogP contribution < -0.4 is 10.9 Å². The van der Waals surface area contributed by atoms with Gasteiger partial charge >= 0.3 is 0 Å². The van der Waals surface area contributed by atoms with E-state index in [0.717, 1.165) is 16.8 Å². The fraction of sp³-hybridized carbons (Fsp3) is 0.100. The summed E-state index contributed by atoms with van der Waals surface area (Å²) < 4.78 is 18.9. The monoisotopic (exact) mass is 383 g/mol. The molecule has 136 valence electrons. The zero-order valence-electron chi connectivity index (χ0n) is 14.3. The van der Waals surface area contributed by atoms with Gasteiger partial charge in [0.05, 0.1) is 17.8 Å². The molecule has 0 radical (unpaired) electrons. The van der Waals surface area contributed by atoms with Crippen molar-refractivity contribution in [2.75, 3.05) is 5.32 Å². The largest absolute Gasteiger partial charge is 0.378 e. The molecule has 0 fully saturated rings. The first kappa shape index (κ1) is 17.3. The Balaban J connectivity index is 1.67. The summed E-state index contributed by atoms with van der Waals surface area (Å²) in [5.74, 6) is -0.553. The molecule has 2 N–H and O–H groups in total. The molecule has 2 heterocycles. The van der Waals surface area contributed by atoms with Crippen LogP contribution in [0.5, 0.6) is 0 Å². The van der Waals surface area contributed by atoms with Gasteiger partial charge in [0.2, 0.25) is 0 Å². The van der Waals surface area contributed by atoms with Gasteiger partial charge in [-0.15, -0.1) is 0 Å². The fourth-order valence-electron chi connectivity index (χ4n) is 3.04. The zero-order valence-corrected chi connectivity index (χ0v) is 15.0. The number of nitrogens with one attached hydrogen (secondary N) is 2. The number of halogens is 2. The van der Waals surface area contributed by atoms with E-state index in [2.05, 4.69) is 15.5 Å². The van der Waals surface area contributed by atoms with Crippen LogP contribution >= 0.6 is 11.6 Å². The molecule has 0 amide bonds. The van der Waals surface area contributed by atoms with Gasteiger partial charge in [0.15, 0.2) is 0 Å². The third-order valence-corrected chi connectivity index (χ3v) is 4.59. The molecule has 1 atom stereocenters. The molecule has 0 saturated carbocycles. The van der Waals surface area contributed by atoms with E-state index in [1.54, 1.807) is 24.6 Å². The maximum atomic E-state index is 14.0. The van der Waals surface area contributed by atoms with Crippen molar-refractivity contribution in [3.63, 3.8) is 0 Å². The molecule has 4 rings (SSSR count). The number of hydrogen-bond donors (Lipinski definition) is 2. The van der Waals surface area contributed by atoms with Gasteiger partial charge in [-0.05, 0) is 42.8 Å². The quantitative estimate of drug-likeness (QED) is 0.511. The van der Waals surface area contributed by atoms with E-state index in [1.165, 1.54) is 6.07 Å². The SMILES string of the molecule is CC(Nc1cccc(-c2cnoc2)c1)c1cc2cc(Cl)cc(F)c2[nH]c1=O. The van der Waals surface area contributed by atoms with Gasteiger partial charge in [0, 0.05) is 27.2 Å². The van der Waals surface area contributed by atoms with Crippen LogP contribution in [-0.2, 0) is 0 Å². The minimum Gasteiger partial charge on any atom is -0.378 e. The number of pyridine rings is 1. The lowest BCUT2D eigenvalue weighted by Gasteiger charge is -2.16. The predicted molar refractivity (Wildman–Crippen MR) is 104 cm³/mol. The highest BCUT2D eigenvalue weighted by Crippen LogP contribution is 2.26. The number of nitrogens with zero attached hydrogens (tertiary/aromatic N) is 1. The van der Waals surface area contributed by atoms with Gasteiger partial charge < -0.3 is 14.8 Å². The minimum atomic E-state index is -0.553. The molecule has 0 saturated heterocycles. The topological polar surface area (TPSA) is 70.9 Å². The van der Waals surface area contributed by atoms with Gasteiger partial charge in [-0.3, -0.25) is 4.79 Å². The van der Waals surface area contributed by atoms with Gasteiger partial charge in [0.1, 0.15) is 12.1 Å². The molecule has 0 bridgehead atoms. The number of aromatic nitrogens is 2. The van der Waals surface area contributed by atoms with Crippen LogP contribution in [-0.4, -0.2) is 10.1 Å². The van der Waals surface area contributed by atoms with Crippen molar-refractivity contribution < 1.29 is 8.91 Å². The van der Waals surface area contributed by atoms with Crippen LogP contribution in [0.4, 0.5) is 10.1 Å². The molecule has 1 unspecified atom stereocenters. The Morgan fingerprint density at radius 3 is 2.85 bits per heavy atom. The third-order valence-electron chi connectivity index (χ3n) is 4.38.